The second kappa shape index (κ2) is 5.33. The molecule has 20 heavy (non-hydrogen) atoms. The monoisotopic (exact) mass is 294 g/mol. The molecule has 0 fully saturated rings. The summed E-state index contributed by atoms with van der Waals surface area (Å²) in [5, 5.41) is 14.6. The van der Waals surface area contributed by atoms with Gasteiger partial charge >= 0.3 is 12.0 Å². The smallest absolute Gasteiger partial charge is 0.354 e. The van der Waals surface area contributed by atoms with E-state index in [1.807, 2.05) is 13.8 Å². The van der Waals surface area contributed by atoms with Gasteiger partial charge < -0.3 is 15.4 Å². The van der Waals surface area contributed by atoms with E-state index in [1.165, 1.54) is 11.3 Å². The standard InChI is InChI=1S/C12H14N4O3S/c1-5-4-8(9(13-5)10(17)18)15-11(19)16-12-14-6(2)7(3)20-12/h4,13H,1-3H3,(H,17,18)(H2,14,15,16,19). The first-order valence-corrected chi connectivity index (χ1v) is 6.63. The molecule has 0 aromatic carbocycles. The fourth-order valence-corrected chi connectivity index (χ4v) is 2.44. The number of hydrogen-bond acceptors (Lipinski definition) is 4. The van der Waals surface area contributed by atoms with Gasteiger partial charge in [-0.1, -0.05) is 0 Å². The molecule has 0 aliphatic carbocycles. The number of H-pyrrole nitrogens is 1. The maximum absolute atomic E-state index is 11.8. The van der Waals surface area contributed by atoms with Gasteiger partial charge in [0.05, 0.1) is 11.4 Å². The number of carbonyl (C=O) groups is 2. The summed E-state index contributed by atoms with van der Waals surface area (Å²) in [4.78, 5) is 30.7. The maximum Gasteiger partial charge on any atom is 0.354 e. The molecule has 2 rings (SSSR count). The SMILES string of the molecule is Cc1cc(NC(=O)Nc2nc(C)c(C)s2)c(C(=O)O)[nH]1. The number of rotatable bonds is 3. The molecule has 0 radical (unpaired) electrons. The van der Waals surface area contributed by atoms with E-state index in [0.717, 1.165) is 10.6 Å². The van der Waals surface area contributed by atoms with Crippen molar-refractivity contribution >= 4 is 34.2 Å². The lowest BCUT2D eigenvalue weighted by atomic mass is 10.3. The van der Waals surface area contributed by atoms with Gasteiger partial charge in [-0.2, -0.15) is 0 Å². The molecule has 4 N–H and O–H groups in total. The Morgan fingerprint density at radius 3 is 2.55 bits per heavy atom. The average molecular weight is 294 g/mol. The summed E-state index contributed by atoms with van der Waals surface area (Å²) in [5.41, 5.74) is 1.68. The highest BCUT2D eigenvalue weighted by atomic mass is 32.1. The van der Waals surface area contributed by atoms with Gasteiger partial charge in [-0.25, -0.2) is 14.6 Å². The molecule has 2 heterocycles. The van der Waals surface area contributed by atoms with Gasteiger partial charge in [0.2, 0.25) is 0 Å². The number of urea groups is 1. The normalized spacial score (nSPS) is 10.3. The van der Waals surface area contributed by atoms with Crippen molar-refractivity contribution in [1.29, 1.82) is 0 Å². The number of thiazole rings is 1. The topological polar surface area (TPSA) is 107 Å². The molecule has 0 saturated carbocycles. The highest BCUT2D eigenvalue weighted by molar-refractivity contribution is 7.15. The van der Waals surface area contributed by atoms with Gasteiger partial charge in [-0.05, 0) is 26.8 Å². The lowest BCUT2D eigenvalue weighted by molar-refractivity contribution is 0.0692. The number of aromatic amines is 1. The molecule has 0 aliphatic rings. The number of aromatic nitrogens is 2. The Kier molecular flexibility index (Phi) is 3.75. The van der Waals surface area contributed by atoms with Crippen molar-refractivity contribution in [2.45, 2.75) is 20.8 Å². The van der Waals surface area contributed by atoms with Crippen molar-refractivity contribution in [3.63, 3.8) is 0 Å². The molecule has 2 aromatic rings. The summed E-state index contributed by atoms with van der Waals surface area (Å²) in [5.74, 6) is -1.13. The summed E-state index contributed by atoms with van der Waals surface area (Å²) < 4.78 is 0. The second-order valence-electron chi connectivity index (χ2n) is 4.29. The van der Waals surface area contributed by atoms with E-state index in [9.17, 15) is 9.59 Å². The van der Waals surface area contributed by atoms with E-state index in [-0.39, 0.29) is 11.4 Å². The van der Waals surface area contributed by atoms with Crippen LogP contribution in [0.4, 0.5) is 15.6 Å². The van der Waals surface area contributed by atoms with Crippen LogP contribution in [0.15, 0.2) is 6.07 Å². The third-order valence-electron chi connectivity index (χ3n) is 2.66. The van der Waals surface area contributed by atoms with Crippen molar-refractivity contribution in [2.75, 3.05) is 10.6 Å². The van der Waals surface area contributed by atoms with Crippen LogP contribution in [0.3, 0.4) is 0 Å². The largest absolute Gasteiger partial charge is 0.477 e. The predicted molar refractivity (Wildman–Crippen MR) is 76.7 cm³/mol. The third kappa shape index (κ3) is 2.97. The van der Waals surface area contributed by atoms with Crippen molar-refractivity contribution in [3.05, 3.63) is 28.0 Å². The van der Waals surface area contributed by atoms with E-state index in [0.29, 0.717) is 10.8 Å². The van der Waals surface area contributed by atoms with Crippen LogP contribution in [-0.4, -0.2) is 27.1 Å². The molecule has 0 saturated heterocycles. The minimum Gasteiger partial charge on any atom is -0.477 e. The molecule has 0 bridgehead atoms. The van der Waals surface area contributed by atoms with Crippen LogP contribution in [0.2, 0.25) is 0 Å². The van der Waals surface area contributed by atoms with Crippen molar-refractivity contribution in [2.24, 2.45) is 0 Å². The molecule has 8 heteroatoms. The van der Waals surface area contributed by atoms with Gasteiger partial charge in [0.15, 0.2) is 5.13 Å². The summed E-state index contributed by atoms with van der Waals surface area (Å²) in [6.45, 7) is 5.48. The summed E-state index contributed by atoms with van der Waals surface area (Å²) >= 11 is 1.36. The number of carbonyl (C=O) groups excluding carboxylic acids is 1. The lowest BCUT2D eigenvalue weighted by Crippen LogP contribution is -2.20. The third-order valence-corrected chi connectivity index (χ3v) is 3.65. The molecule has 0 unspecified atom stereocenters. The number of carboxylic acid groups (broad SMARTS) is 1. The summed E-state index contributed by atoms with van der Waals surface area (Å²) in [7, 11) is 0. The Bertz CT molecular complexity index is 655. The van der Waals surface area contributed by atoms with Gasteiger partial charge in [0.25, 0.3) is 0 Å². The predicted octanol–water partition coefficient (Wildman–Crippen LogP) is 2.74. The number of carboxylic acids is 1. The average Bonchev–Trinajstić information content (AvgIpc) is 2.83. The van der Waals surface area contributed by atoms with Crippen LogP contribution in [0.5, 0.6) is 0 Å². The van der Waals surface area contributed by atoms with Crippen LogP contribution in [-0.2, 0) is 0 Å². The molecule has 0 spiro atoms. The molecular formula is C12H14N4O3S. The van der Waals surface area contributed by atoms with E-state index >= 15 is 0 Å². The Labute approximate surface area is 119 Å². The van der Waals surface area contributed by atoms with Crippen LogP contribution >= 0.6 is 11.3 Å². The lowest BCUT2D eigenvalue weighted by Gasteiger charge is -2.04. The number of nitrogens with one attached hydrogen (secondary N) is 3. The fourth-order valence-electron chi connectivity index (χ4n) is 1.63. The first kappa shape index (κ1) is 14.1. The molecule has 2 aromatic heterocycles. The second-order valence-corrected chi connectivity index (χ2v) is 5.49. The summed E-state index contributed by atoms with van der Waals surface area (Å²) in [6.07, 6.45) is 0. The molecule has 7 nitrogen and oxygen atoms in total. The van der Waals surface area contributed by atoms with Gasteiger partial charge in [-0.3, -0.25) is 5.32 Å². The quantitative estimate of drug-likeness (QED) is 0.698. The van der Waals surface area contributed by atoms with Crippen molar-refractivity contribution in [3.8, 4) is 0 Å². The minimum absolute atomic E-state index is 0.0517. The van der Waals surface area contributed by atoms with E-state index in [4.69, 9.17) is 5.11 Å². The zero-order valence-corrected chi connectivity index (χ0v) is 12.0. The minimum atomic E-state index is -1.13. The number of nitrogens with zero attached hydrogens (tertiary/aromatic N) is 1. The first-order chi connectivity index (χ1) is 9.36. The van der Waals surface area contributed by atoms with Gasteiger partial charge in [0.1, 0.15) is 5.69 Å². The molecule has 2 amide bonds. The van der Waals surface area contributed by atoms with Crippen LogP contribution in [0, 0.1) is 20.8 Å². The van der Waals surface area contributed by atoms with E-state index in [2.05, 4.69) is 20.6 Å². The van der Waals surface area contributed by atoms with Crippen LogP contribution in [0.1, 0.15) is 26.8 Å². The zero-order chi connectivity index (χ0) is 14.9. The highest BCUT2D eigenvalue weighted by Crippen LogP contribution is 2.22. The number of aromatic carboxylic acids is 1. The van der Waals surface area contributed by atoms with Gasteiger partial charge in [0, 0.05) is 10.6 Å². The zero-order valence-electron chi connectivity index (χ0n) is 11.2. The number of anilines is 2. The molecule has 0 aliphatic heterocycles. The number of amides is 2. The van der Waals surface area contributed by atoms with Crippen LogP contribution in [0.25, 0.3) is 0 Å². The number of hydrogen-bond donors (Lipinski definition) is 4. The molecular weight excluding hydrogens is 280 g/mol. The highest BCUT2D eigenvalue weighted by Gasteiger charge is 2.16. The first-order valence-electron chi connectivity index (χ1n) is 5.81. The van der Waals surface area contributed by atoms with Crippen molar-refractivity contribution < 1.29 is 14.7 Å². The van der Waals surface area contributed by atoms with E-state index in [1.54, 1.807) is 13.0 Å². The summed E-state index contributed by atoms with van der Waals surface area (Å²) in [6, 6.07) is 1.03. The Morgan fingerprint density at radius 1 is 1.30 bits per heavy atom. The Balaban J connectivity index is 2.10. The molecule has 106 valence electrons. The maximum atomic E-state index is 11.8. The Hall–Kier alpha value is -2.35. The molecule has 0 atom stereocenters. The Morgan fingerprint density at radius 2 is 2.00 bits per heavy atom. The van der Waals surface area contributed by atoms with Crippen molar-refractivity contribution in [1.82, 2.24) is 9.97 Å². The van der Waals surface area contributed by atoms with Crippen LogP contribution < -0.4 is 10.6 Å². The number of aryl methyl sites for hydroxylation is 3. The van der Waals surface area contributed by atoms with E-state index < -0.39 is 12.0 Å². The fraction of sp³-hybridized carbons (Fsp3) is 0.250. The van der Waals surface area contributed by atoms with Gasteiger partial charge in [-0.15, -0.1) is 11.3 Å².